The van der Waals surface area contributed by atoms with E-state index in [0.29, 0.717) is 10.0 Å². The maximum atomic E-state index is 9.63. The van der Waals surface area contributed by atoms with Gasteiger partial charge in [0, 0.05) is 10.0 Å². The van der Waals surface area contributed by atoms with E-state index in [9.17, 15) is 5.11 Å². The molecule has 0 atom stereocenters. The Balaban J connectivity index is 2.54. The lowest BCUT2D eigenvalue weighted by Crippen LogP contribution is -1.81. The first kappa shape index (κ1) is 11.3. The second-order valence-corrected chi connectivity index (χ2v) is 4.53. The minimum Gasteiger partial charge on any atom is -0.508 e. The van der Waals surface area contributed by atoms with Gasteiger partial charge in [-0.2, -0.15) is 0 Å². The van der Waals surface area contributed by atoms with Crippen molar-refractivity contribution in [3.63, 3.8) is 0 Å². The lowest BCUT2D eigenvalue weighted by molar-refractivity contribution is 0.471. The van der Waals surface area contributed by atoms with Crippen LogP contribution in [-0.4, -0.2) is 5.11 Å². The molecule has 2 aromatic carbocycles. The highest BCUT2D eigenvalue weighted by Gasteiger charge is 2.03. The van der Waals surface area contributed by atoms with Crippen molar-refractivity contribution >= 4 is 23.2 Å². The van der Waals surface area contributed by atoms with Gasteiger partial charge < -0.3 is 5.11 Å². The van der Waals surface area contributed by atoms with E-state index < -0.39 is 0 Å². The second kappa shape index (κ2) is 4.36. The highest BCUT2D eigenvalue weighted by atomic mass is 35.5. The van der Waals surface area contributed by atoms with Crippen molar-refractivity contribution < 1.29 is 5.11 Å². The lowest BCUT2D eigenvalue weighted by atomic mass is 10.0. The number of phenolic OH excluding ortho intramolecular Hbond substituents is 1. The Morgan fingerprint density at radius 1 is 0.875 bits per heavy atom. The molecule has 2 rings (SSSR count). The Morgan fingerprint density at radius 3 is 2.06 bits per heavy atom. The van der Waals surface area contributed by atoms with E-state index in [1.807, 2.05) is 31.2 Å². The minimum atomic E-state index is 0.272. The summed E-state index contributed by atoms with van der Waals surface area (Å²) in [5, 5.41) is 10.8. The van der Waals surface area contributed by atoms with E-state index in [2.05, 4.69) is 0 Å². The highest BCUT2D eigenvalue weighted by Crippen LogP contribution is 2.30. The lowest BCUT2D eigenvalue weighted by Gasteiger charge is -2.05. The number of halogens is 2. The van der Waals surface area contributed by atoms with Gasteiger partial charge in [-0.05, 0) is 47.9 Å². The third-order valence-electron chi connectivity index (χ3n) is 2.41. The third kappa shape index (κ3) is 2.31. The number of aryl methyl sites for hydroxylation is 1. The Kier molecular flexibility index (Phi) is 3.08. The Bertz CT molecular complexity index is 515. The molecule has 0 fully saturated rings. The standard InChI is InChI=1S/C13H10Cl2O/c1-8-2-3-9(6-13(8)16)10-4-11(14)7-12(15)5-10/h2-7,16H,1H3. The predicted molar refractivity (Wildman–Crippen MR) is 68.3 cm³/mol. The van der Waals surface area contributed by atoms with Gasteiger partial charge in [-0.3, -0.25) is 0 Å². The van der Waals surface area contributed by atoms with Crippen molar-refractivity contribution in [2.75, 3.05) is 0 Å². The van der Waals surface area contributed by atoms with Crippen LogP contribution in [0.1, 0.15) is 5.56 Å². The largest absolute Gasteiger partial charge is 0.508 e. The summed E-state index contributed by atoms with van der Waals surface area (Å²) < 4.78 is 0. The van der Waals surface area contributed by atoms with Crippen molar-refractivity contribution in [3.05, 3.63) is 52.0 Å². The normalized spacial score (nSPS) is 10.4. The molecule has 0 saturated heterocycles. The molecule has 0 aliphatic carbocycles. The third-order valence-corrected chi connectivity index (χ3v) is 2.84. The van der Waals surface area contributed by atoms with Crippen molar-refractivity contribution in [3.8, 4) is 16.9 Å². The summed E-state index contributed by atoms with van der Waals surface area (Å²) in [7, 11) is 0. The van der Waals surface area contributed by atoms with Crippen LogP contribution in [0.15, 0.2) is 36.4 Å². The number of aromatic hydroxyl groups is 1. The molecule has 0 aliphatic heterocycles. The molecule has 2 aromatic rings. The van der Waals surface area contributed by atoms with Crippen molar-refractivity contribution in [2.24, 2.45) is 0 Å². The molecule has 0 radical (unpaired) electrons. The molecule has 0 aromatic heterocycles. The summed E-state index contributed by atoms with van der Waals surface area (Å²) in [5.41, 5.74) is 2.64. The van der Waals surface area contributed by atoms with E-state index in [1.54, 1.807) is 12.1 Å². The number of phenols is 1. The number of hydrogen-bond donors (Lipinski definition) is 1. The fraction of sp³-hybridized carbons (Fsp3) is 0.0769. The summed E-state index contributed by atoms with van der Waals surface area (Å²) in [4.78, 5) is 0. The highest BCUT2D eigenvalue weighted by molar-refractivity contribution is 6.35. The molecular weight excluding hydrogens is 243 g/mol. The number of rotatable bonds is 1. The molecule has 0 unspecified atom stereocenters. The van der Waals surface area contributed by atoms with E-state index in [4.69, 9.17) is 23.2 Å². The van der Waals surface area contributed by atoms with Gasteiger partial charge in [0.1, 0.15) is 5.75 Å². The van der Waals surface area contributed by atoms with Crippen molar-refractivity contribution in [1.29, 1.82) is 0 Å². The maximum absolute atomic E-state index is 9.63. The molecule has 0 bridgehead atoms. The predicted octanol–water partition coefficient (Wildman–Crippen LogP) is 4.67. The van der Waals surface area contributed by atoms with Gasteiger partial charge in [0.05, 0.1) is 0 Å². The van der Waals surface area contributed by atoms with E-state index in [1.165, 1.54) is 0 Å². The van der Waals surface area contributed by atoms with Crippen LogP contribution in [0.2, 0.25) is 10.0 Å². The average molecular weight is 253 g/mol. The first-order chi connectivity index (χ1) is 7.56. The number of benzene rings is 2. The van der Waals surface area contributed by atoms with E-state index in [-0.39, 0.29) is 5.75 Å². The fourth-order valence-corrected chi connectivity index (χ4v) is 2.04. The van der Waals surface area contributed by atoms with Gasteiger partial charge >= 0.3 is 0 Å². The van der Waals surface area contributed by atoms with Crippen LogP contribution in [0, 0.1) is 6.92 Å². The second-order valence-electron chi connectivity index (χ2n) is 3.66. The van der Waals surface area contributed by atoms with Crippen molar-refractivity contribution in [1.82, 2.24) is 0 Å². The van der Waals surface area contributed by atoms with Crippen LogP contribution in [0.5, 0.6) is 5.75 Å². The summed E-state index contributed by atoms with van der Waals surface area (Å²) >= 11 is 11.8. The maximum Gasteiger partial charge on any atom is 0.119 e. The van der Waals surface area contributed by atoms with Gasteiger partial charge in [-0.1, -0.05) is 35.3 Å². The van der Waals surface area contributed by atoms with Gasteiger partial charge in [0.15, 0.2) is 0 Å². The molecule has 0 spiro atoms. The first-order valence-corrected chi connectivity index (χ1v) is 5.58. The van der Waals surface area contributed by atoms with E-state index in [0.717, 1.165) is 16.7 Å². The number of hydrogen-bond acceptors (Lipinski definition) is 1. The zero-order chi connectivity index (χ0) is 11.7. The molecule has 1 nitrogen and oxygen atoms in total. The van der Waals surface area contributed by atoms with Crippen LogP contribution < -0.4 is 0 Å². The molecule has 0 saturated carbocycles. The summed E-state index contributed by atoms with van der Waals surface area (Å²) in [6.07, 6.45) is 0. The Labute approximate surface area is 104 Å². The fourth-order valence-electron chi connectivity index (χ4n) is 1.51. The van der Waals surface area contributed by atoms with Gasteiger partial charge in [-0.15, -0.1) is 0 Å². The van der Waals surface area contributed by atoms with Crippen LogP contribution >= 0.6 is 23.2 Å². The first-order valence-electron chi connectivity index (χ1n) is 4.82. The van der Waals surface area contributed by atoms with Gasteiger partial charge in [0.2, 0.25) is 0 Å². The molecule has 16 heavy (non-hydrogen) atoms. The van der Waals surface area contributed by atoms with Gasteiger partial charge in [-0.25, -0.2) is 0 Å². The van der Waals surface area contributed by atoms with E-state index >= 15 is 0 Å². The minimum absolute atomic E-state index is 0.272. The summed E-state index contributed by atoms with van der Waals surface area (Å²) in [6.45, 7) is 1.85. The quantitative estimate of drug-likeness (QED) is 0.782. The molecule has 0 aliphatic rings. The zero-order valence-corrected chi connectivity index (χ0v) is 10.2. The average Bonchev–Trinajstić information content (AvgIpc) is 2.20. The van der Waals surface area contributed by atoms with Crippen LogP contribution in [0.3, 0.4) is 0 Å². The molecule has 82 valence electrons. The molecule has 0 amide bonds. The molecular formula is C13H10Cl2O. The zero-order valence-electron chi connectivity index (χ0n) is 8.67. The Morgan fingerprint density at radius 2 is 1.50 bits per heavy atom. The topological polar surface area (TPSA) is 20.2 Å². The molecule has 1 N–H and O–H groups in total. The summed E-state index contributed by atoms with van der Waals surface area (Å²) in [6, 6.07) is 10.8. The van der Waals surface area contributed by atoms with Crippen LogP contribution in [-0.2, 0) is 0 Å². The SMILES string of the molecule is Cc1ccc(-c2cc(Cl)cc(Cl)c2)cc1O. The van der Waals surface area contributed by atoms with Crippen LogP contribution in [0.25, 0.3) is 11.1 Å². The molecule has 3 heteroatoms. The van der Waals surface area contributed by atoms with Crippen molar-refractivity contribution in [2.45, 2.75) is 6.92 Å². The Hall–Kier alpha value is -1.18. The monoisotopic (exact) mass is 252 g/mol. The molecule has 0 heterocycles. The van der Waals surface area contributed by atoms with Gasteiger partial charge in [0.25, 0.3) is 0 Å². The smallest absolute Gasteiger partial charge is 0.119 e. The summed E-state index contributed by atoms with van der Waals surface area (Å²) in [5.74, 6) is 0.272. The van der Waals surface area contributed by atoms with Crippen LogP contribution in [0.4, 0.5) is 0 Å².